The maximum absolute atomic E-state index is 14.1. The molecular formula is C19H19F4NO4. The number of nitrogens with zero attached hydrogens (tertiary/aromatic N) is 1. The summed E-state index contributed by atoms with van der Waals surface area (Å²) in [4.78, 5) is 12.3. The van der Waals surface area contributed by atoms with Crippen molar-refractivity contribution < 1.29 is 36.6 Å². The van der Waals surface area contributed by atoms with Gasteiger partial charge in [-0.15, -0.1) is 0 Å². The SMILES string of the molecule is COCc1c(F)c(F)c(COC(=O)C2C(C=C(C#N)OC)C2(C)C)c(F)c1F. The van der Waals surface area contributed by atoms with Crippen LogP contribution in [0.1, 0.15) is 25.0 Å². The van der Waals surface area contributed by atoms with Crippen LogP contribution in [0.2, 0.25) is 0 Å². The van der Waals surface area contributed by atoms with Crippen molar-refractivity contribution in [2.45, 2.75) is 27.1 Å². The lowest BCUT2D eigenvalue weighted by Gasteiger charge is -2.12. The largest absolute Gasteiger partial charge is 0.487 e. The molecule has 2 unspecified atom stereocenters. The van der Waals surface area contributed by atoms with Crippen molar-refractivity contribution in [2.24, 2.45) is 17.3 Å². The van der Waals surface area contributed by atoms with E-state index in [-0.39, 0.29) is 11.7 Å². The van der Waals surface area contributed by atoms with Crippen LogP contribution in [0.4, 0.5) is 17.6 Å². The van der Waals surface area contributed by atoms with E-state index in [9.17, 15) is 22.4 Å². The molecule has 9 heteroatoms. The lowest BCUT2D eigenvalue weighted by atomic mass is 10.1. The van der Waals surface area contributed by atoms with Crippen LogP contribution in [0, 0.1) is 51.9 Å². The smallest absolute Gasteiger partial charge is 0.310 e. The molecule has 1 aliphatic rings. The molecule has 28 heavy (non-hydrogen) atoms. The van der Waals surface area contributed by atoms with Crippen LogP contribution in [-0.2, 0) is 32.2 Å². The van der Waals surface area contributed by atoms with Gasteiger partial charge in [-0.25, -0.2) is 17.6 Å². The fourth-order valence-corrected chi connectivity index (χ4v) is 3.11. The monoisotopic (exact) mass is 401 g/mol. The molecule has 0 amide bonds. The highest BCUT2D eigenvalue weighted by molar-refractivity contribution is 5.78. The van der Waals surface area contributed by atoms with Gasteiger partial charge in [0.15, 0.2) is 29.0 Å². The van der Waals surface area contributed by atoms with Gasteiger partial charge in [-0.1, -0.05) is 13.8 Å². The summed E-state index contributed by atoms with van der Waals surface area (Å²) in [5.74, 6) is -8.35. The first-order valence-electron chi connectivity index (χ1n) is 8.26. The van der Waals surface area contributed by atoms with E-state index >= 15 is 0 Å². The summed E-state index contributed by atoms with van der Waals surface area (Å²) in [6.45, 7) is 1.85. The predicted octanol–water partition coefficient (Wildman–Crippen LogP) is 3.76. The van der Waals surface area contributed by atoms with Crippen LogP contribution in [-0.4, -0.2) is 20.2 Å². The van der Waals surface area contributed by atoms with Crippen molar-refractivity contribution in [2.75, 3.05) is 14.2 Å². The molecule has 0 aromatic heterocycles. The minimum absolute atomic E-state index is 0.0170. The summed E-state index contributed by atoms with van der Waals surface area (Å²) >= 11 is 0. The summed E-state index contributed by atoms with van der Waals surface area (Å²) in [5.41, 5.74) is -2.48. The first-order chi connectivity index (χ1) is 13.1. The van der Waals surface area contributed by atoms with Gasteiger partial charge in [-0.3, -0.25) is 4.79 Å². The molecule has 1 fully saturated rings. The second-order valence-corrected chi connectivity index (χ2v) is 6.93. The highest BCUT2D eigenvalue weighted by atomic mass is 19.2. The molecule has 0 spiro atoms. The van der Waals surface area contributed by atoms with Crippen LogP contribution < -0.4 is 0 Å². The van der Waals surface area contributed by atoms with Gasteiger partial charge < -0.3 is 14.2 Å². The number of esters is 1. The summed E-state index contributed by atoms with van der Waals surface area (Å²) < 4.78 is 70.3. The molecule has 0 radical (unpaired) electrons. The minimum atomic E-state index is -1.64. The zero-order valence-electron chi connectivity index (χ0n) is 15.7. The van der Waals surface area contributed by atoms with Crippen LogP contribution in [0.25, 0.3) is 0 Å². The second kappa shape index (κ2) is 8.19. The van der Waals surface area contributed by atoms with Crippen molar-refractivity contribution in [1.29, 1.82) is 5.26 Å². The quantitative estimate of drug-likeness (QED) is 0.229. The van der Waals surface area contributed by atoms with Crippen molar-refractivity contribution in [1.82, 2.24) is 0 Å². The number of nitriles is 1. The Bertz CT molecular complexity index is 831. The highest BCUT2D eigenvalue weighted by Gasteiger charge is 2.62. The molecule has 0 bridgehead atoms. The van der Waals surface area contributed by atoms with Crippen LogP contribution in [0.15, 0.2) is 11.8 Å². The van der Waals surface area contributed by atoms with E-state index in [1.165, 1.54) is 13.2 Å². The number of benzene rings is 1. The van der Waals surface area contributed by atoms with E-state index in [1.807, 2.05) is 6.07 Å². The number of allylic oxidation sites excluding steroid dienone is 2. The van der Waals surface area contributed by atoms with Crippen molar-refractivity contribution in [3.8, 4) is 6.07 Å². The Morgan fingerprint density at radius 2 is 1.57 bits per heavy atom. The van der Waals surface area contributed by atoms with E-state index < -0.39 is 64.9 Å². The Hall–Kier alpha value is -2.60. The van der Waals surface area contributed by atoms with Gasteiger partial charge in [0.05, 0.1) is 30.8 Å². The number of halogens is 4. The molecule has 1 aromatic rings. The summed E-state index contributed by atoms with van der Waals surface area (Å²) in [6, 6.07) is 1.82. The fourth-order valence-electron chi connectivity index (χ4n) is 3.11. The van der Waals surface area contributed by atoms with Crippen LogP contribution in [0.3, 0.4) is 0 Å². The van der Waals surface area contributed by atoms with Gasteiger partial charge >= 0.3 is 5.97 Å². The Morgan fingerprint density at radius 1 is 1.07 bits per heavy atom. The number of ether oxygens (including phenoxy) is 3. The lowest BCUT2D eigenvalue weighted by molar-refractivity contribution is -0.147. The molecule has 152 valence electrons. The van der Waals surface area contributed by atoms with E-state index in [0.29, 0.717) is 0 Å². The topological polar surface area (TPSA) is 68.5 Å². The molecular weight excluding hydrogens is 382 g/mol. The highest BCUT2D eigenvalue weighted by Crippen LogP contribution is 2.59. The maximum atomic E-state index is 14.1. The normalized spacial score (nSPS) is 20.5. The van der Waals surface area contributed by atoms with E-state index in [0.717, 1.165) is 7.11 Å². The molecule has 0 aliphatic heterocycles. The Labute approximate surface area is 159 Å². The van der Waals surface area contributed by atoms with Gasteiger partial charge in [0.25, 0.3) is 0 Å². The predicted molar refractivity (Wildman–Crippen MR) is 88.2 cm³/mol. The van der Waals surface area contributed by atoms with Gasteiger partial charge in [-0.2, -0.15) is 5.26 Å². The zero-order chi connectivity index (χ0) is 21.2. The third kappa shape index (κ3) is 3.83. The summed E-state index contributed by atoms with van der Waals surface area (Å²) in [5, 5.41) is 8.90. The fraction of sp³-hybridized carbons (Fsp3) is 0.474. The Balaban J connectivity index is 2.18. The molecule has 0 N–H and O–H groups in total. The number of carbonyl (C=O) groups excluding carboxylic acids is 1. The molecule has 5 nitrogen and oxygen atoms in total. The van der Waals surface area contributed by atoms with Crippen molar-refractivity contribution >= 4 is 5.97 Å². The molecule has 1 saturated carbocycles. The van der Waals surface area contributed by atoms with E-state index in [2.05, 4.69) is 4.74 Å². The van der Waals surface area contributed by atoms with Gasteiger partial charge in [0.2, 0.25) is 0 Å². The second-order valence-electron chi connectivity index (χ2n) is 6.93. The van der Waals surface area contributed by atoms with Gasteiger partial charge in [-0.05, 0) is 11.5 Å². The molecule has 2 rings (SSSR count). The molecule has 0 saturated heterocycles. The summed E-state index contributed by atoms with van der Waals surface area (Å²) in [6.07, 6.45) is 1.46. The number of hydrogen-bond donors (Lipinski definition) is 0. The Kier molecular flexibility index (Phi) is 6.34. The number of hydrogen-bond acceptors (Lipinski definition) is 5. The lowest BCUT2D eigenvalue weighted by Crippen LogP contribution is -2.15. The molecule has 1 aliphatic carbocycles. The van der Waals surface area contributed by atoms with Crippen LogP contribution >= 0.6 is 0 Å². The Morgan fingerprint density at radius 3 is 2.00 bits per heavy atom. The number of rotatable bonds is 7. The van der Waals surface area contributed by atoms with E-state index in [1.54, 1.807) is 13.8 Å². The molecule has 1 aromatic carbocycles. The third-order valence-electron chi connectivity index (χ3n) is 4.92. The third-order valence-corrected chi connectivity index (χ3v) is 4.92. The maximum Gasteiger partial charge on any atom is 0.310 e. The average molecular weight is 401 g/mol. The number of methoxy groups -OCH3 is 2. The number of carbonyl (C=O) groups is 1. The minimum Gasteiger partial charge on any atom is -0.487 e. The molecule has 0 heterocycles. The standard InChI is InChI=1S/C19H19F4NO4/c1-19(2)12(5-9(6-24)27-4)13(19)18(25)28-8-11-16(22)14(20)10(7-26-3)15(21)17(11)23/h5,12-13H,7-8H2,1-4H3. The first kappa shape index (κ1) is 21.7. The zero-order valence-corrected chi connectivity index (χ0v) is 15.7. The van der Waals surface area contributed by atoms with Crippen LogP contribution in [0.5, 0.6) is 0 Å². The van der Waals surface area contributed by atoms with Gasteiger partial charge in [0, 0.05) is 13.0 Å². The first-order valence-corrected chi connectivity index (χ1v) is 8.26. The summed E-state index contributed by atoms with van der Waals surface area (Å²) in [7, 11) is 2.42. The van der Waals surface area contributed by atoms with Gasteiger partial charge in [0.1, 0.15) is 12.7 Å². The van der Waals surface area contributed by atoms with Crippen molar-refractivity contribution in [3.05, 3.63) is 46.2 Å². The van der Waals surface area contributed by atoms with Crippen molar-refractivity contribution in [3.63, 3.8) is 0 Å². The average Bonchev–Trinajstić information content (AvgIpc) is 3.21. The molecule has 2 atom stereocenters. The van der Waals surface area contributed by atoms with E-state index in [4.69, 9.17) is 14.7 Å².